The molecule has 0 unspecified atom stereocenters. The lowest BCUT2D eigenvalue weighted by molar-refractivity contribution is 0.0963. The van der Waals surface area contributed by atoms with Gasteiger partial charge in [-0.2, -0.15) is 0 Å². The number of hydrogen-bond acceptors (Lipinski definition) is 2. The highest BCUT2D eigenvalue weighted by atomic mass is 19.1. The molecule has 1 heterocycles. The summed E-state index contributed by atoms with van der Waals surface area (Å²) in [6.45, 7) is 1.70. The zero-order valence-electron chi connectivity index (χ0n) is 9.17. The SMILES string of the molecule is Cc1ccoc1C(=O)Cc1c(F)cccc1F. The van der Waals surface area contributed by atoms with E-state index in [0.29, 0.717) is 5.56 Å². The van der Waals surface area contributed by atoms with E-state index in [2.05, 4.69) is 0 Å². The summed E-state index contributed by atoms with van der Waals surface area (Å²) < 4.78 is 31.6. The van der Waals surface area contributed by atoms with E-state index in [-0.39, 0.29) is 17.7 Å². The molecule has 0 spiro atoms. The van der Waals surface area contributed by atoms with Crippen molar-refractivity contribution >= 4 is 5.78 Å². The Bertz CT molecular complexity index is 538. The number of benzene rings is 1. The van der Waals surface area contributed by atoms with E-state index in [1.165, 1.54) is 12.3 Å². The quantitative estimate of drug-likeness (QED) is 0.765. The van der Waals surface area contributed by atoms with Crippen LogP contribution in [0.5, 0.6) is 0 Å². The number of carbonyl (C=O) groups is 1. The van der Waals surface area contributed by atoms with E-state index in [0.717, 1.165) is 12.1 Å². The molecule has 0 saturated carbocycles. The number of rotatable bonds is 3. The first-order valence-corrected chi connectivity index (χ1v) is 5.10. The smallest absolute Gasteiger partial charge is 0.202 e. The van der Waals surface area contributed by atoms with Crippen LogP contribution in [0.1, 0.15) is 21.7 Å². The fourth-order valence-corrected chi connectivity index (χ4v) is 1.60. The third kappa shape index (κ3) is 2.25. The van der Waals surface area contributed by atoms with Crippen molar-refractivity contribution in [2.24, 2.45) is 0 Å². The average Bonchev–Trinajstić information content (AvgIpc) is 2.70. The van der Waals surface area contributed by atoms with Crippen molar-refractivity contribution in [1.82, 2.24) is 0 Å². The van der Waals surface area contributed by atoms with Gasteiger partial charge in [-0.1, -0.05) is 6.07 Å². The third-order valence-electron chi connectivity index (χ3n) is 2.51. The van der Waals surface area contributed by atoms with E-state index >= 15 is 0 Å². The molecule has 0 atom stereocenters. The van der Waals surface area contributed by atoms with Gasteiger partial charge in [-0.25, -0.2) is 8.78 Å². The maximum Gasteiger partial charge on any atom is 0.202 e. The summed E-state index contributed by atoms with van der Waals surface area (Å²) in [4.78, 5) is 11.8. The largest absolute Gasteiger partial charge is 0.461 e. The number of aryl methyl sites for hydroxylation is 1. The first-order chi connectivity index (χ1) is 8.09. The van der Waals surface area contributed by atoms with Crippen molar-refractivity contribution in [3.05, 3.63) is 59.1 Å². The second-order valence-electron chi connectivity index (χ2n) is 3.73. The molecule has 0 bridgehead atoms. The lowest BCUT2D eigenvalue weighted by atomic mass is 10.0. The molecule has 0 fully saturated rings. The van der Waals surface area contributed by atoms with Crippen LogP contribution < -0.4 is 0 Å². The Balaban J connectivity index is 2.28. The van der Waals surface area contributed by atoms with Gasteiger partial charge in [0.15, 0.2) is 5.76 Å². The van der Waals surface area contributed by atoms with Gasteiger partial charge in [0.1, 0.15) is 11.6 Å². The van der Waals surface area contributed by atoms with Gasteiger partial charge >= 0.3 is 0 Å². The summed E-state index contributed by atoms with van der Waals surface area (Å²) in [6, 6.07) is 5.14. The van der Waals surface area contributed by atoms with Crippen molar-refractivity contribution in [1.29, 1.82) is 0 Å². The zero-order chi connectivity index (χ0) is 12.4. The van der Waals surface area contributed by atoms with Crippen LogP contribution in [0.25, 0.3) is 0 Å². The minimum atomic E-state index is -0.720. The molecule has 88 valence electrons. The van der Waals surface area contributed by atoms with Gasteiger partial charge in [-0.05, 0) is 30.7 Å². The molecule has 0 aliphatic heterocycles. The van der Waals surface area contributed by atoms with Crippen LogP contribution in [0.4, 0.5) is 8.78 Å². The zero-order valence-corrected chi connectivity index (χ0v) is 9.17. The number of hydrogen-bond donors (Lipinski definition) is 0. The Morgan fingerprint density at radius 3 is 2.41 bits per heavy atom. The second kappa shape index (κ2) is 4.49. The molecule has 0 aliphatic carbocycles. The molecule has 0 N–H and O–H groups in total. The molecule has 0 amide bonds. The Hall–Kier alpha value is -1.97. The van der Waals surface area contributed by atoms with Crippen LogP contribution in [0, 0.1) is 18.6 Å². The maximum absolute atomic E-state index is 13.3. The third-order valence-corrected chi connectivity index (χ3v) is 2.51. The van der Waals surface area contributed by atoms with Crippen molar-refractivity contribution in [2.75, 3.05) is 0 Å². The summed E-state index contributed by atoms with van der Waals surface area (Å²) in [5.41, 5.74) is 0.431. The minimum Gasteiger partial charge on any atom is -0.461 e. The van der Waals surface area contributed by atoms with Gasteiger partial charge in [0.25, 0.3) is 0 Å². The van der Waals surface area contributed by atoms with Crippen molar-refractivity contribution < 1.29 is 18.0 Å². The molecule has 0 saturated heterocycles. The van der Waals surface area contributed by atoms with Gasteiger partial charge < -0.3 is 4.42 Å². The monoisotopic (exact) mass is 236 g/mol. The Morgan fingerprint density at radius 2 is 1.88 bits per heavy atom. The molecule has 1 aromatic heterocycles. The molecule has 2 rings (SSSR count). The fourth-order valence-electron chi connectivity index (χ4n) is 1.60. The molecular weight excluding hydrogens is 226 g/mol. The summed E-state index contributed by atoms with van der Waals surface area (Å²) in [5.74, 6) is -1.73. The van der Waals surface area contributed by atoms with Crippen LogP contribution >= 0.6 is 0 Å². The van der Waals surface area contributed by atoms with Gasteiger partial charge in [0.05, 0.1) is 6.26 Å². The van der Waals surface area contributed by atoms with Crippen LogP contribution in [-0.4, -0.2) is 5.78 Å². The lowest BCUT2D eigenvalue weighted by Crippen LogP contribution is -2.07. The van der Waals surface area contributed by atoms with E-state index in [4.69, 9.17) is 4.42 Å². The van der Waals surface area contributed by atoms with Gasteiger partial charge in [0.2, 0.25) is 5.78 Å². The van der Waals surface area contributed by atoms with Crippen molar-refractivity contribution in [3.8, 4) is 0 Å². The summed E-state index contributed by atoms with van der Waals surface area (Å²) in [6.07, 6.45) is 1.03. The van der Waals surface area contributed by atoms with Crippen molar-refractivity contribution in [2.45, 2.75) is 13.3 Å². The molecule has 0 aliphatic rings. The number of ketones is 1. The standard InChI is InChI=1S/C13H10F2O2/c1-8-5-6-17-13(8)12(16)7-9-10(14)3-2-4-11(9)15/h2-6H,7H2,1H3. The molecular formula is C13H10F2O2. The first-order valence-electron chi connectivity index (χ1n) is 5.10. The van der Waals surface area contributed by atoms with Crippen LogP contribution in [0.15, 0.2) is 34.9 Å². The Kier molecular flexibility index (Phi) is 3.04. The fraction of sp³-hybridized carbons (Fsp3) is 0.154. The number of carbonyl (C=O) groups excluding carboxylic acids is 1. The average molecular weight is 236 g/mol. The van der Waals surface area contributed by atoms with Crippen molar-refractivity contribution in [3.63, 3.8) is 0 Å². The maximum atomic E-state index is 13.3. The normalized spacial score (nSPS) is 10.5. The highest BCUT2D eigenvalue weighted by Gasteiger charge is 2.17. The molecule has 17 heavy (non-hydrogen) atoms. The van der Waals surface area contributed by atoms with Crippen LogP contribution in [-0.2, 0) is 6.42 Å². The molecule has 1 aromatic carbocycles. The summed E-state index contributed by atoms with van der Waals surface area (Å²) in [5, 5.41) is 0. The first kappa shape index (κ1) is 11.5. The van der Waals surface area contributed by atoms with Gasteiger partial charge in [-0.15, -0.1) is 0 Å². The predicted octanol–water partition coefficient (Wildman–Crippen LogP) is 3.29. The highest BCUT2D eigenvalue weighted by molar-refractivity contribution is 5.96. The highest BCUT2D eigenvalue weighted by Crippen LogP contribution is 2.17. The number of furan rings is 1. The number of Topliss-reactive ketones (excluding diaryl/α,β-unsaturated/α-hetero) is 1. The van der Waals surface area contributed by atoms with Crippen LogP contribution in [0.3, 0.4) is 0 Å². The van der Waals surface area contributed by atoms with Crippen LogP contribution in [0.2, 0.25) is 0 Å². The Morgan fingerprint density at radius 1 is 1.24 bits per heavy atom. The minimum absolute atomic E-state index is 0.146. The summed E-state index contributed by atoms with van der Waals surface area (Å²) in [7, 11) is 0. The molecule has 2 aromatic rings. The molecule has 0 radical (unpaired) electrons. The van der Waals surface area contributed by atoms with E-state index < -0.39 is 17.4 Å². The summed E-state index contributed by atoms with van der Waals surface area (Å²) >= 11 is 0. The van der Waals surface area contributed by atoms with E-state index in [9.17, 15) is 13.6 Å². The molecule has 4 heteroatoms. The Labute approximate surface area is 96.9 Å². The van der Waals surface area contributed by atoms with E-state index in [1.807, 2.05) is 0 Å². The van der Waals surface area contributed by atoms with E-state index in [1.54, 1.807) is 13.0 Å². The second-order valence-corrected chi connectivity index (χ2v) is 3.73. The van der Waals surface area contributed by atoms with Gasteiger partial charge in [0, 0.05) is 12.0 Å². The number of halogens is 2. The lowest BCUT2D eigenvalue weighted by Gasteiger charge is -2.03. The predicted molar refractivity (Wildman–Crippen MR) is 57.8 cm³/mol. The molecule has 2 nitrogen and oxygen atoms in total. The topological polar surface area (TPSA) is 30.2 Å². The van der Waals surface area contributed by atoms with Gasteiger partial charge in [-0.3, -0.25) is 4.79 Å².